The van der Waals surface area contributed by atoms with Gasteiger partial charge in [0.15, 0.2) is 5.69 Å². The number of hydrogen-bond donors (Lipinski definition) is 1. The van der Waals surface area contributed by atoms with Gasteiger partial charge in [-0.15, -0.1) is 0 Å². The van der Waals surface area contributed by atoms with E-state index in [1.54, 1.807) is 12.3 Å². The number of rotatable bonds is 5. The third kappa shape index (κ3) is 3.22. The maximum Gasteiger partial charge on any atom is 0.273 e. The van der Waals surface area contributed by atoms with E-state index in [0.717, 1.165) is 17.1 Å². The van der Waals surface area contributed by atoms with Gasteiger partial charge in [-0.05, 0) is 18.6 Å². The first kappa shape index (κ1) is 16.0. The van der Waals surface area contributed by atoms with Crippen molar-refractivity contribution in [2.45, 2.75) is 33.2 Å². The van der Waals surface area contributed by atoms with E-state index in [2.05, 4.69) is 15.5 Å². The van der Waals surface area contributed by atoms with Gasteiger partial charge in [-0.25, -0.2) is 4.98 Å². The summed E-state index contributed by atoms with van der Waals surface area (Å²) in [5.74, 6) is 1.55. The SMILES string of the molecule is Cc1nccn1-c1ccccc1CNC(=O)c1cc(C(C)C)on1. The van der Waals surface area contributed by atoms with Crippen molar-refractivity contribution in [1.29, 1.82) is 0 Å². The third-order valence-electron chi connectivity index (χ3n) is 3.85. The molecule has 0 aliphatic carbocycles. The summed E-state index contributed by atoms with van der Waals surface area (Å²) < 4.78 is 7.17. The lowest BCUT2D eigenvalue weighted by atomic mass is 10.1. The molecule has 0 saturated carbocycles. The Kier molecular flexibility index (Phi) is 4.46. The largest absolute Gasteiger partial charge is 0.360 e. The highest BCUT2D eigenvalue weighted by Crippen LogP contribution is 2.17. The van der Waals surface area contributed by atoms with Crippen molar-refractivity contribution < 1.29 is 9.32 Å². The number of amides is 1. The molecule has 1 aromatic carbocycles. The summed E-state index contributed by atoms with van der Waals surface area (Å²) in [6.45, 7) is 6.33. The molecule has 124 valence electrons. The predicted molar refractivity (Wildman–Crippen MR) is 90.1 cm³/mol. The van der Waals surface area contributed by atoms with Gasteiger partial charge < -0.3 is 14.4 Å². The van der Waals surface area contributed by atoms with Crippen LogP contribution in [0.1, 0.15) is 47.4 Å². The Labute approximate surface area is 140 Å². The Balaban J connectivity index is 1.75. The molecule has 0 unspecified atom stereocenters. The molecule has 0 aliphatic rings. The van der Waals surface area contributed by atoms with Gasteiger partial charge in [0.2, 0.25) is 0 Å². The molecule has 0 fully saturated rings. The average molecular weight is 324 g/mol. The first-order valence-corrected chi connectivity index (χ1v) is 7.89. The molecule has 3 rings (SSSR count). The first-order valence-electron chi connectivity index (χ1n) is 7.89. The van der Waals surface area contributed by atoms with E-state index in [0.29, 0.717) is 18.0 Å². The van der Waals surface area contributed by atoms with E-state index >= 15 is 0 Å². The monoisotopic (exact) mass is 324 g/mol. The Morgan fingerprint density at radius 2 is 2.12 bits per heavy atom. The number of carbonyl (C=O) groups excluding carboxylic acids is 1. The summed E-state index contributed by atoms with van der Waals surface area (Å²) in [5, 5.41) is 6.73. The molecule has 6 nitrogen and oxygen atoms in total. The number of nitrogens with one attached hydrogen (secondary N) is 1. The summed E-state index contributed by atoms with van der Waals surface area (Å²) >= 11 is 0. The zero-order valence-electron chi connectivity index (χ0n) is 14.0. The molecule has 3 aromatic rings. The summed E-state index contributed by atoms with van der Waals surface area (Å²) in [7, 11) is 0. The van der Waals surface area contributed by atoms with Crippen LogP contribution in [0.5, 0.6) is 0 Å². The first-order chi connectivity index (χ1) is 11.6. The lowest BCUT2D eigenvalue weighted by molar-refractivity contribution is 0.0941. The number of aryl methyl sites for hydroxylation is 1. The van der Waals surface area contributed by atoms with Crippen LogP contribution in [0.15, 0.2) is 47.2 Å². The molecule has 1 amide bonds. The Hall–Kier alpha value is -2.89. The second kappa shape index (κ2) is 6.70. The molecule has 0 aliphatic heterocycles. The molecule has 0 atom stereocenters. The van der Waals surface area contributed by atoms with Crippen LogP contribution >= 0.6 is 0 Å². The number of nitrogens with zero attached hydrogens (tertiary/aromatic N) is 3. The van der Waals surface area contributed by atoms with Crippen LogP contribution in [0.4, 0.5) is 0 Å². The number of imidazole rings is 1. The number of aromatic nitrogens is 3. The summed E-state index contributed by atoms with van der Waals surface area (Å²) in [6, 6.07) is 9.59. The van der Waals surface area contributed by atoms with Gasteiger partial charge in [-0.1, -0.05) is 37.2 Å². The summed E-state index contributed by atoms with van der Waals surface area (Å²) in [5.41, 5.74) is 2.30. The predicted octanol–water partition coefficient (Wildman–Crippen LogP) is 3.22. The maximum absolute atomic E-state index is 12.3. The number of hydrogen-bond acceptors (Lipinski definition) is 4. The number of carbonyl (C=O) groups is 1. The van der Waals surface area contributed by atoms with Crippen molar-refractivity contribution in [3.63, 3.8) is 0 Å². The molecular formula is C18H20N4O2. The minimum absolute atomic E-state index is 0.198. The van der Waals surface area contributed by atoms with Gasteiger partial charge >= 0.3 is 0 Å². The van der Waals surface area contributed by atoms with Crippen molar-refractivity contribution in [2.24, 2.45) is 0 Å². The van der Waals surface area contributed by atoms with Gasteiger partial charge in [-0.2, -0.15) is 0 Å². The quantitative estimate of drug-likeness (QED) is 0.782. The van der Waals surface area contributed by atoms with E-state index < -0.39 is 0 Å². The molecule has 0 spiro atoms. The normalized spacial score (nSPS) is 11.0. The highest BCUT2D eigenvalue weighted by molar-refractivity contribution is 5.92. The van der Waals surface area contributed by atoms with Crippen LogP contribution in [0.25, 0.3) is 5.69 Å². The fourth-order valence-electron chi connectivity index (χ4n) is 2.46. The van der Waals surface area contributed by atoms with E-state index in [4.69, 9.17) is 4.52 Å². The highest BCUT2D eigenvalue weighted by Gasteiger charge is 2.15. The number of benzene rings is 1. The third-order valence-corrected chi connectivity index (χ3v) is 3.85. The van der Waals surface area contributed by atoms with Crippen LogP contribution in [0, 0.1) is 6.92 Å². The molecule has 2 aromatic heterocycles. The number of para-hydroxylation sites is 1. The maximum atomic E-state index is 12.3. The smallest absolute Gasteiger partial charge is 0.273 e. The zero-order chi connectivity index (χ0) is 17.1. The summed E-state index contributed by atoms with van der Waals surface area (Å²) in [4.78, 5) is 16.5. The van der Waals surface area contributed by atoms with Gasteiger partial charge in [0, 0.05) is 30.9 Å². The highest BCUT2D eigenvalue weighted by atomic mass is 16.5. The van der Waals surface area contributed by atoms with Crippen molar-refractivity contribution in [3.05, 3.63) is 65.6 Å². The van der Waals surface area contributed by atoms with Crippen LogP contribution in [-0.4, -0.2) is 20.6 Å². The van der Waals surface area contributed by atoms with Gasteiger partial charge in [0.1, 0.15) is 11.6 Å². The molecule has 24 heavy (non-hydrogen) atoms. The van der Waals surface area contributed by atoms with Crippen molar-refractivity contribution in [3.8, 4) is 5.69 Å². The molecule has 6 heteroatoms. The molecule has 0 bridgehead atoms. The lowest BCUT2D eigenvalue weighted by Crippen LogP contribution is -2.23. The zero-order valence-corrected chi connectivity index (χ0v) is 14.0. The van der Waals surface area contributed by atoms with Crippen molar-refractivity contribution >= 4 is 5.91 Å². The van der Waals surface area contributed by atoms with E-state index in [1.807, 2.05) is 55.8 Å². The lowest BCUT2D eigenvalue weighted by Gasteiger charge is -2.12. The topological polar surface area (TPSA) is 73.0 Å². The van der Waals surface area contributed by atoms with Gasteiger partial charge in [-0.3, -0.25) is 4.79 Å². The fourth-order valence-corrected chi connectivity index (χ4v) is 2.46. The van der Waals surface area contributed by atoms with Crippen LogP contribution in [0.2, 0.25) is 0 Å². The van der Waals surface area contributed by atoms with Gasteiger partial charge in [0.05, 0.1) is 5.69 Å². The van der Waals surface area contributed by atoms with Crippen LogP contribution in [-0.2, 0) is 6.54 Å². The van der Waals surface area contributed by atoms with E-state index in [1.165, 1.54) is 0 Å². The van der Waals surface area contributed by atoms with E-state index in [-0.39, 0.29) is 11.8 Å². The Morgan fingerprint density at radius 1 is 1.33 bits per heavy atom. The average Bonchev–Trinajstić information content (AvgIpc) is 3.22. The van der Waals surface area contributed by atoms with Gasteiger partial charge in [0.25, 0.3) is 5.91 Å². The second-order valence-electron chi connectivity index (χ2n) is 5.93. The molecule has 0 saturated heterocycles. The fraction of sp³-hybridized carbons (Fsp3) is 0.278. The van der Waals surface area contributed by atoms with Crippen molar-refractivity contribution in [1.82, 2.24) is 20.0 Å². The van der Waals surface area contributed by atoms with Crippen molar-refractivity contribution in [2.75, 3.05) is 0 Å². The Bertz CT molecular complexity index is 848. The minimum Gasteiger partial charge on any atom is -0.360 e. The standard InChI is InChI=1S/C18H20N4O2/c1-12(2)17-10-15(21-24-17)18(23)20-11-14-6-4-5-7-16(14)22-9-8-19-13(22)3/h4-10,12H,11H2,1-3H3,(H,20,23). The van der Waals surface area contributed by atoms with Crippen LogP contribution in [0.3, 0.4) is 0 Å². The molecule has 0 radical (unpaired) electrons. The minimum atomic E-state index is -0.247. The Morgan fingerprint density at radius 3 is 2.79 bits per heavy atom. The molecule has 1 N–H and O–H groups in total. The van der Waals surface area contributed by atoms with E-state index in [9.17, 15) is 4.79 Å². The molecular weight excluding hydrogens is 304 g/mol. The summed E-state index contributed by atoms with van der Waals surface area (Å²) in [6.07, 6.45) is 3.66. The van der Waals surface area contributed by atoms with Crippen LogP contribution < -0.4 is 5.32 Å². The second-order valence-corrected chi connectivity index (χ2v) is 5.93. The molecule has 2 heterocycles.